The van der Waals surface area contributed by atoms with Gasteiger partial charge in [-0.1, -0.05) is 35.3 Å². The van der Waals surface area contributed by atoms with Gasteiger partial charge in [0.05, 0.1) is 44.4 Å². The van der Waals surface area contributed by atoms with Gasteiger partial charge >= 0.3 is 0 Å². The molecular formula is C24H23Cl2N3O7S2. The van der Waals surface area contributed by atoms with Crippen molar-refractivity contribution in [1.29, 1.82) is 0 Å². The molecule has 1 fully saturated rings. The van der Waals surface area contributed by atoms with Crippen LogP contribution < -0.4 is 14.8 Å². The number of hydrogen-bond donors (Lipinski definition) is 2. The van der Waals surface area contributed by atoms with Crippen molar-refractivity contribution in [2.24, 2.45) is 0 Å². The molecule has 1 amide bonds. The molecule has 0 aromatic heterocycles. The molecule has 0 saturated carbocycles. The molecule has 0 bridgehead atoms. The van der Waals surface area contributed by atoms with Gasteiger partial charge in [0.15, 0.2) is 6.61 Å². The quantitative estimate of drug-likeness (QED) is 0.382. The third-order valence-electron chi connectivity index (χ3n) is 5.44. The Labute approximate surface area is 230 Å². The Morgan fingerprint density at radius 1 is 0.868 bits per heavy atom. The first-order chi connectivity index (χ1) is 18.1. The van der Waals surface area contributed by atoms with Crippen molar-refractivity contribution in [2.75, 3.05) is 42.9 Å². The Hall–Kier alpha value is -2.87. The van der Waals surface area contributed by atoms with Crippen molar-refractivity contribution in [3.8, 4) is 5.75 Å². The molecule has 0 spiro atoms. The van der Waals surface area contributed by atoms with Crippen LogP contribution in [0.2, 0.25) is 10.0 Å². The summed E-state index contributed by atoms with van der Waals surface area (Å²) in [6.07, 6.45) is 0. The number of halogens is 2. The smallest absolute Gasteiger partial charge is 0.262 e. The number of carbonyl (C=O) groups excluding carboxylic acids is 1. The van der Waals surface area contributed by atoms with Crippen molar-refractivity contribution in [3.05, 3.63) is 76.8 Å². The summed E-state index contributed by atoms with van der Waals surface area (Å²) < 4.78 is 65.4. The number of anilines is 2. The number of nitrogens with zero attached hydrogens (tertiary/aromatic N) is 1. The molecule has 1 aliphatic heterocycles. The summed E-state index contributed by atoms with van der Waals surface area (Å²) >= 11 is 12.2. The second-order valence-corrected chi connectivity index (χ2v) is 12.5. The fourth-order valence-corrected chi connectivity index (χ4v) is 6.41. The minimum absolute atomic E-state index is 0.0641. The highest BCUT2D eigenvalue weighted by molar-refractivity contribution is 7.92. The SMILES string of the molecule is O=C(COc1ccc(S(=O)(=O)N2CCOCC2)cc1)Nc1cc(S(=O)(=O)Nc2ccccc2Cl)ccc1Cl. The van der Waals surface area contributed by atoms with Crippen molar-refractivity contribution >= 4 is 60.5 Å². The molecule has 4 rings (SSSR count). The van der Waals surface area contributed by atoms with Crippen LogP contribution in [-0.2, 0) is 29.6 Å². The second kappa shape index (κ2) is 11.9. The monoisotopic (exact) mass is 599 g/mol. The lowest BCUT2D eigenvalue weighted by atomic mass is 10.3. The zero-order chi connectivity index (χ0) is 27.3. The normalized spacial score (nSPS) is 14.6. The summed E-state index contributed by atoms with van der Waals surface area (Å²) in [7, 11) is -7.68. The number of hydrogen-bond acceptors (Lipinski definition) is 7. The lowest BCUT2D eigenvalue weighted by Crippen LogP contribution is -2.40. The standard InChI is InChI=1S/C24H23Cl2N3O7S2/c25-20-3-1-2-4-22(20)28-37(31,32)19-9-10-21(26)23(15-19)27-24(30)16-36-17-5-7-18(8-6-17)38(33,34)29-11-13-35-14-12-29/h1-10,15,28H,11-14,16H2,(H,27,30). The summed E-state index contributed by atoms with van der Waals surface area (Å²) in [5.74, 6) is -0.335. The molecule has 3 aromatic carbocycles. The number of benzene rings is 3. The maximum atomic E-state index is 12.8. The van der Waals surface area contributed by atoms with Crippen molar-refractivity contribution < 1.29 is 31.1 Å². The molecule has 0 unspecified atom stereocenters. The number of rotatable bonds is 9. The molecular weight excluding hydrogens is 577 g/mol. The van der Waals surface area contributed by atoms with Crippen LogP contribution in [0, 0.1) is 0 Å². The van der Waals surface area contributed by atoms with Crippen LogP contribution in [0.3, 0.4) is 0 Å². The van der Waals surface area contributed by atoms with Gasteiger partial charge in [-0.15, -0.1) is 0 Å². The number of morpholine rings is 1. The first-order valence-electron chi connectivity index (χ1n) is 11.2. The predicted octanol–water partition coefficient (Wildman–Crippen LogP) is 3.83. The Kier molecular flexibility index (Phi) is 8.81. The van der Waals surface area contributed by atoms with Gasteiger partial charge in [0, 0.05) is 13.1 Å². The lowest BCUT2D eigenvalue weighted by Gasteiger charge is -2.26. The minimum Gasteiger partial charge on any atom is -0.484 e. The first-order valence-corrected chi connectivity index (χ1v) is 14.9. The van der Waals surface area contributed by atoms with E-state index in [-0.39, 0.29) is 50.1 Å². The maximum absolute atomic E-state index is 12.8. The van der Waals surface area contributed by atoms with E-state index in [4.69, 9.17) is 32.7 Å². The molecule has 1 heterocycles. The summed E-state index contributed by atoms with van der Waals surface area (Å²) in [5.41, 5.74) is 0.265. The number of sulfonamides is 2. The lowest BCUT2D eigenvalue weighted by molar-refractivity contribution is -0.118. The minimum atomic E-state index is -4.03. The molecule has 0 atom stereocenters. The van der Waals surface area contributed by atoms with Gasteiger partial charge < -0.3 is 14.8 Å². The molecule has 2 N–H and O–H groups in total. The maximum Gasteiger partial charge on any atom is 0.262 e. The fourth-order valence-electron chi connectivity index (χ4n) is 3.49. The van der Waals surface area contributed by atoms with Crippen LogP contribution >= 0.6 is 23.2 Å². The molecule has 1 saturated heterocycles. The Bertz CT molecular complexity index is 1530. The van der Waals surface area contributed by atoms with Crippen LogP contribution in [-0.4, -0.2) is 60.0 Å². The Morgan fingerprint density at radius 2 is 1.50 bits per heavy atom. The third kappa shape index (κ3) is 6.76. The second-order valence-electron chi connectivity index (χ2n) is 8.05. The highest BCUT2D eigenvalue weighted by Crippen LogP contribution is 2.28. The Balaban J connectivity index is 1.38. The van der Waals surface area contributed by atoms with Gasteiger partial charge in [0.25, 0.3) is 15.9 Å². The van der Waals surface area contributed by atoms with E-state index in [0.29, 0.717) is 13.2 Å². The van der Waals surface area contributed by atoms with Crippen LogP contribution in [0.25, 0.3) is 0 Å². The average Bonchev–Trinajstić information content (AvgIpc) is 2.90. The van der Waals surface area contributed by atoms with Gasteiger partial charge in [-0.3, -0.25) is 9.52 Å². The number of amides is 1. The highest BCUT2D eigenvalue weighted by atomic mass is 35.5. The molecule has 1 aliphatic rings. The first kappa shape index (κ1) is 28.1. The van der Waals surface area contributed by atoms with Crippen LogP contribution in [0.4, 0.5) is 11.4 Å². The van der Waals surface area contributed by atoms with E-state index in [2.05, 4.69) is 10.0 Å². The van der Waals surface area contributed by atoms with E-state index in [9.17, 15) is 21.6 Å². The molecule has 10 nitrogen and oxygen atoms in total. The van der Waals surface area contributed by atoms with Gasteiger partial charge in [-0.25, -0.2) is 16.8 Å². The summed E-state index contributed by atoms with van der Waals surface area (Å²) in [6, 6.07) is 15.9. The number of para-hydroxylation sites is 1. The van der Waals surface area contributed by atoms with E-state index in [1.807, 2.05) is 0 Å². The van der Waals surface area contributed by atoms with E-state index in [1.54, 1.807) is 18.2 Å². The third-order valence-corrected chi connectivity index (χ3v) is 9.38. The topological polar surface area (TPSA) is 131 Å². The zero-order valence-corrected chi connectivity index (χ0v) is 22.9. The fraction of sp³-hybridized carbons (Fsp3) is 0.208. The van der Waals surface area contributed by atoms with Crippen LogP contribution in [0.15, 0.2) is 76.5 Å². The highest BCUT2D eigenvalue weighted by Gasteiger charge is 2.26. The predicted molar refractivity (Wildman–Crippen MR) is 144 cm³/mol. The largest absolute Gasteiger partial charge is 0.484 e. The molecule has 3 aromatic rings. The van der Waals surface area contributed by atoms with Gasteiger partial charge in [0.2, 0.25) is 10.0 Å². The molecule has 0 aliphatic carbocycles. The summed E-state index contributed by atoms with van der Waals surface area (Å²) in [6.45, 7) is 0.809. The van der Waals surface area contributed by atoms with Gasteiger partial charge in [-0.05, 0) is 54.6 Å². The van der Waals surface area contributed by atoms with E-state index in [1.165, 1.54) is 52.8 Å². The Morgan fingerprint density at radius 3 is 2.18 bits per heavy atom. The number of ether oxygens (including phenoxy) is 2. The van der Waals surface area contributed by atoms with E-state index in [0.717, 1.165) is 0 Å². The zero-order valence-electron chi connectivity index (χ0n) is 19.8. The van der Waals surface area contributed by atoms with Crippen molar-refractivity contribution in [2.45, 2.75) is 9.79 Å². The van der Waals surface area contributed by atoms with E-state index < -0.39 is 32.6 Å². The molecule has 14 heteroatoms. The van der Waals surface area contributed by atoms with Crippen LogP contribution in [0.5, 0.6) is 5.75 Å². The summed E-state index contributed by atoms with van der Waals surface area (Å²) in [4.78, 5) is 12.4. The van der Waals surface area contributed by atoms with Gasteiger partial charge in [-0.2, -0.15) is 4.31 Å². The number of nitrogens with one attached hydrogen (secondary N) is 2. The molecule has 0 radical (unpaired) electrons. The molecule has 38 heavy (non-hydrogen) atoms. The van der Waals surface area contributed by atoms with Crippen molar-refractivity contribution in [3.63, 3.8) is 0 Å². The van der Waals surface area contributed by atoms with Gasteiger partial charge in [0.1, 0.15) is 5.75 Å². The molecule has 202 valence electrons. The average molecular weight is 601 g/mol. The summed E-state index contributed by atoms with van der Waals surface area (Å²) in [5, 5.41) is 2.86. The van der Waals surface area contributed by atoms with E-state index >= 15 is 0 Å². The number of carbonyl (C=O) groups is 1. The van der Waals surface area contributed by atoms with Crippen molar-refractivity contribution in [1.82, 2.24) is 4.31 Å². The van der Waals surface area contributed by atoms with Crippen LogP contribution in [0.1, 0.15) is 0 Å².